The summed E-state index contributed by atoms with van der Waals surface area (Å²) in [7, 11) is 1.48. The van der Waals surface area contributed by atoms with Gasteiger partial charge in [0.05, 0.1) is 40.8 Å². The second-order valence-corrected chi connectivity index (χ2v) is 7.99. The number of hydrogen-bond donors (Lipinski definition) is 1. The van der Waals surface area contributed by atoms with Gasteiger partial charge in [-0.25, -0.2) is 4.79 Å². The third-order valence-electron chi connectivity index (χ3n) is 4.55. The Kier molecular flexibility index (Phi) is 8.35. The Morgan fingerprint density at radius 3 is 2.70 bits per heavy atom. The van der Waals surface area contributed by atoms with Crippen LogP contribution in [0.25, 0.3) is 22.3 Å². The van der Waals surface area contributed by atoms with Crippen molar-refractivity contribution in [3.63, 3.8) is 0 Å². The molecule has 3 aromatic rings. The summed E-state index contributed by atoms with van der Waals surface area (Å²) < 4.78 is 22.6. The number of methoxy groups -OCH3 is 1. The van der Waals surface area contributed by atoms with E-state index >= 15 is 0 Å². The topological polar surface area (TPSA) is 104 Å². The molecule has 3 rings (SSSR count). The van der Waals surface area contributed by atoms with Crippen molar-refractivity contribution in [2.75, 3.05) is 26.9 Å². The van der Waals surface area contributed by atoms with Gasteiger partial charge in [0.1, 0.15) is 5.76 Å². The zero-order valence-corrected chi connectivity index (χ0v) is 20.2. The highest BCUT2D eigenvalue weighted by atomic mass is 79.9. The van der Waals surface area contributed by atoms with E-state index in [4.69, 9.17) is 25.5 Å². The number of carbonyl (C=O) groups excluding carboxylic acids is 2. The van der Waals surface area contributed by atoms with Gasteiger partial charge < -0.3 is 23.9 Å². The Balaban J connectivity index is 1.80. The Hall–Kier alpha value is -3.04. The number of amides is 1. The Morgan fingerprint density at radius 2 is 1.97 bits per heavy atom. The first-order valence-electron chi connectivity index (χ1n) is 10.0. The predicted molar refractivity (Wildman–Crippen MR) is 127 cm³/mol. The fourth-order valence-corrected chi connectivity index (χ4v) is 3.70. The first kappa shape index (κ1) is 24.6. The molecule has 0 saturated heterocycles. The lowest BCUT2D eigenvalue weighted by atomic mass is 10.1. The number of carbonyl (C=O) groups is 2. The van der Waals surface area contributed by atoms with Crippen LogP contribution in [-0.2, 0) is 14.3 Å². The summed E-state index contributed by atoms with van der Waals surface area (Å²) in [5.74, 6) is -0.699. The van der Waals surface area contributed by atoms with Gasteiger partial charge in [0.15, 0.2) is 22.5 Å². The smallest absolute Gasteiger partial charge is 0.396 e. The molecule has 0 unspecified atom stereocenters. The number of rotatable bonds is 8. The lowest BCUT2D eigenvalue weighted by Crippen LogP contribution is -2.33. The molecule has 1 heterocycles. The number of nitrogens with one attached hydrogen (secondary N) is 1. The first-order valence-corrected chi connectivity index (χ1v) is 11.2. The number of esters is 1. The summed E-state index contributed by atoms with van der Waals surface area (Å²) in [5, 5.41) is 3.17. The highest BCUT2D eigenvalue weighted by Crippen LogP contribution is 2.43. The van der Waals surface area contributed by atoms with E-state index in [1.54, 1.807) is 37.3 Å². The first-order chi connectivity index (χ1) is 15.9. The quantitative estimate of drug-likeness (QED) is 0.259. The van der Waals surface area contributed by atoms with Crippen molar-refractivity contribution >= 4 is 50.4 Å². The average molecular weight is 539 g/mol. The van der Waals surface area contributed by atoms with Gasteiger partial charge in [-0.3, -0.25) is 9.59 Å². The van der Waals surface area contributed by atoms with Gasteiger partial charge >= 0.3 is 11.9 Å². The predicted octanol–water partition coefficient (Wildman–Crippen LogP) is 4.33. The molecule has 0 saturated carbocycles. The molecule has 0 aliphatic rings. The number of hydrogen-bond acceptors (Lipinski definition) is 7. The van der Waals surface area contributed by atoms with Crippen LogP contribution < -0.4 is 20.2 Å². The van der Waals surface area contributed by atoms with Crippen molar-refractivity contribution in [2.45, 2.75) is 13.3 Å². The maximum absolute atomic E-state index is 12.6. The molecule has 1 N–H and O–H groups in total. The number of para-hydroxylation sites is 1. The summed E-state index contributed by atoms with van der Waals surface area (Å²) in [6, 6.07) is 9.82. The molecule has 0 atom stereocenters. The Bertz CT molecular complexity index is 1240. The molecule has 0 aliphatic carbocycles. The van der Waals surface area contributed by atoms with Crippen molar-refractivity contribution in [1.82, 2.24) is 5.32 Å². The molecule has 174 valence electrons. The van der Waals surface area contributed by atoms with E-state index < -0.39 is 11.9 Å². The van der Waals surface area contributed by atoms with Gasteiger partial charge in [-0.15, -0.1) is 0 Å². The van der Waals surface area contributed by atoms with Crippen LogP contribution in [0.3, 0.4) is 0 Å². The minimum atomic E-state index is -0.924. The van der Waals surface area contributed by atoms with Gasteiger partial charge in [-0.2, -0.15) is 0 Å². The van der Waals surface area contributed by atoms with Crippen LogP contribution in [0.15, 0.2) is 50.1 Å². The molecular weight excluding hydrogens is 518 g/mol. The van der Waals surface area contributed by atoms with Crippen molar-refractivity contribution in [2.24, 2.45) is 0 Å². The highest BCUT2D eigenvalue weighted by Gasteiger charge is 2.19. The van der Waals surface area contributed by atoms with Crippen LogP contribution in [-0.4, -0.2) is 38.7 Å². The van der Waals surface area contributed by atoms with Crippen molar-refractivity contribution in [3.05, 3.63) is 56.1 Å². The zero-order valence-electron chi connectivity index (χ0n) is 17.9. The third kappa shape index (κ3) is 5.66. The van der Waals surface area contributed by atoms with E-state index in [0.29, 0.717) is 38.4 Å². The molecule has 0 aliphatic heterocycles. The second-order valence-electron chi connectivity index (χ2n) is 6.73. The molecule has 33 heavy (non-hydrogen) atoms. The van der Waals surface area contributed by atoms with Gasteiger partial charge in [0.25, 0.3) is 0 Å². The number of fused-ring (bicyclic) bond motifs is 1. The standard InChI is InChI=1S/C23H21BrClNO7/c1-3-31-23(29)22(28)26-10-5-11-32-21-15(24)9-8-14(20(21)30-2)18-12-17(27)13-6-4-7-16(25)19(13)33-18/h4,6-9,12H,3,5,10-11H2,1-2H3,(H,26,28). The molecule has 10 heteroatoms. The minimum absolute atomic E-state index is 0.128. The van der Waals surface area contributed by atoms with E-state index in [1.807, 2.05) is 0 Å². The van der Waals surface area contributed by atoms with Crippen LogP contribution in [0.4, 0.5) is 0 Å². The van der Waals surface area contributed by atoms with Crippen molar-refractivity contribution in [1.29, 1.82) is 0 Å². The summed E-state index contributed by atoms with van der Waals surface area (Å²) in [5.41, 5.74) is 0.551. The number of benzene rings is 2. The summed E-state index contributed by atoms with van der Waals surface area (Å²) in [4.78, 5) is 35.5. The van der Waals surface area contributed by atoms with E-state index in [1.165, 1.54) is 13.2 Å². The Morgan fingerprint density at radius 1 is 1.18 bits per heavy atom. The fourth-order valence-electron chi connectivity index (χ4n) is 3.06. The lowest BCUT2D eigenvalue weighted by Gasteiger charge is -2.16. The van der Waals surface area contributed by atoms with E-state index in [9.17, 15) is 14.4 Å². The molecule has 1 amide bonds. The lowest BCUT2D eigenvalue weighted by molar-refractivity contribution is -0.154. The molecule has 0 radical (unpaired) electrons. The minimum Gasteiger partial charge on any atom is -0.492 e. The second kappa shape index (κ2) is 11.2. The van der Waals surface area contributed by atoms with E-state index in [2.05, 4.69) is 26.0 Å². The number of halogens is 2. The Labute approximate surface area is 202 Å². The van der Waals surface area contributed by atoms with Crippen LogP contribution in [0.5, 0.6) is 11.5 Å². The van der Waals surface area contributed by atoms with Crippen LogP contribution >= 0.6 is 27.5 Å². The molecule has 0 fully saturated rings. The van der Waals surface area contributed by atoms with Crippen molar-refractivity contribution in [3.8, 4) is 22.8 Å². The van der Waals surface area contributed by atoms with Gasteiger partial charge in [0.2, 0.25) is 0 Å². The SMILES string of the molecule is CCOC(=O)C(=O)NCCCOc1c(Br)ccc(-c2cc(=O)c3cccc(Cl)c3o2)c1OC. The van der Waals surface area contributed by atoms with Crippen molar-refractivity contribution < 1.29 is 28.2 Å². The van der Waals surface area contributed by atoms with Gasteiger partial charge in [-0.1, -0.05) is 17.7 Å². The molecule has 0 bridgehead atoms. The largest absolute Gasteiger partial charge is 0.492 e. The van der Waals surface area contributed by atoms with E-state index in [0.717, 1.165) is 0 Å². The van der Waals surface area contributed by atoms with Gasteiger partial charge in [-0.05, 0) is 53.5 Å². The molecule has 8 nitrogen and oxygen atoms in total. The van der Waals surface area contributed by atoms with Crippen LogP contribution in [0.1, 0.15) is 13.3 Å². The van der Waals surface area contributed by atoms with Crippen LogP contribution in [0, 0.1) is 0 Å². The van der Waals surface area contributed by atoms with E-state index in [-0.39, 0.29) is 36.5 Å². The maximum atomic E-state index is 12.6. The average Bonchev–Trinajstić information content (AvgIpc) is 2.80. The fraction of sp³-hybridized carbons (Fsp3) is 0.261. The van der Waals surface area contributed by atoms with Crippen LogP contribution in [0.2, 0.25) is 5.02 Å². The summed E-state index contributed by atoms with van der Waals surface area (Å²) >= 11 is 9.66. The number of ether oxygens (including phenoxy) is 3. The monoisotopic (exact) mass is 537 g/mol. The maximum Gasteiger partial charge on any atom is 0.396 e. The third-order valence-corrected chi connectivity index (χ3v) is 5.48. The summed E-state index contributed by atoms with van der Waals surface area (Å²) in [6.07, 6.45) is 0.422. The van der Waals surface area contributed by atoms with Gasteiger partial charge in [0, 0.05) is 12.6 Å². The normalized spacial score (nSPS) is 10.7. The molecule has 1 aromatic heterocycles. The molecular formula is C23H21BrClNO7. The molecule has 0 spiro atoms. The zero-order chi connectivity index (χ0) is 24.0. The highest BCUT2D eigenvalue weighted by molar-refractivity contribution is 9.10. The summed E-state index contributed by atoms with van der Waals surface area (Å²) in [6.45, 7) is 2.18. The molecule has 2 aromatic carbocycles.